The van der Waals surface area contributed by atoms with E-state index in [0.717, 1.165) is 16.9 Å². The number of ether oxygens (including phenoxy) is 1. The van der Waals surface area contributed by atoms with E-state index < -0.39 is 0 Å². The highest BCUT2D eigenvalue weighted by Crippen LogP contribution is 2.24. The normalized spacial score (nSPS) is 10.6. The molecule has 3 aromatic rings. The van der Waals surface area contributed by atoms with Gasteiger partial charge in [-0.2, -0.15) is 10.4 Å². The highest BCUT2D eigenvalue weighted by Gasteiger charge is 2.08. The molecular formula is C22H21N5O2S. The number of nitrogens with zero attached hydrogens (tertiary/aromatic N) is 4. The summed E-state index contributed by atoms with van der Waals surface area (Å²) < 4.78 is 4.92. The standard InChI is InChI=1S/C22H21N5O2S/c1-3-29-21(28)12-18-15-30-22(25-18)26-24-14-17-6-10-20(11-7-17)27(2)19-8-4-16(13-23)5-9-19/h4-11,14-15H,3,12H2,1-2H3,(H,25,26). The van der Waals surface area contributed by atoms with Gasteiger partial charge in [0.25, 0.3) is 0 Å². The van der Waals surface area contributed by atoms with E-state index in [1.807, 2.05) is 53.7 Å². The molecule has 0 fully saturated rings. The lowest BCUT2D eigenvalue weighted by Crippen LogP contribution is -2.09. The summed E-state index contributed by atoms with van der Waals surface area (Å²) in [5.41, 5.74) is 7.13. The van der Waals surface area contributed by atoms with Crippen LogP contribution in [-0.4, -0.2) is 30.8 Å². The van der Waals surface area contributed by atoms with Crippen LogP contribution >= 0.6 is 11.3 Å². The second-order valence-electron chi connectivity index (χ2n) is 6.31. The Morgan fingerprint density at radius 3 is 2.53 bits per heavy atom. The van der Waals surface area contributed by atoms with E-state index in [1.54, 1.807) is 25.3 Å². The number of carbonyl (C=O) groups excluding carboxylic acids is 1. The number of nitrogens with one attached hydrogen (secondary N) is 1. The molecule has 0 radical (unpaired) electrons. The Morgan fingerprint density at radius 2 is 1.90 bits per heavy atom. The second kappa shape index (κ2) is 10.2. The van der Waals surface area contributed by atoms with Gasteiger partial charge >= 0.3 is 5.97 Å². The molecule has 3 rings (SSSR count). The lowest BCUT2D eigenvalue weighted by molar-refractivity contribution is -0.142. The van der Waals surface area contributed by atoms with Crippen molar-refractivity contribution in [2.75, 3.05) is 24.0 Å². The van der Waals surface area contributed by atoms with Crippen molar-refractivity contribution in [3.63, 3.8) is 0 Å². The minimum atomic E-state index is -0.288. The maximum absolute atomic E-state index is 11.5. The number of anilines is 3. The summed E-state index contributed by atoms with van der Waals surface area (Å²) in [5.74, 6) is -0.288. The number of nitriles is 1. The van der Waals surface area contributed by atoms with Gasteiger partial charge in [-0.05, 0) is 48.9 Å². The monoisotopic (exact) mass is 419 g/mol. The summed E-state index contributed by atoms with van der Waals surface area (Å²) >= 11 is 1.38. The van der Waals surface area contributed by atoms with Crippen molar-refractivity contribution in [3.8, 4) is 6.07 Å². The van der Waals surface area contributed by atoms with E-state index in [-0.39, 0.29) is 12.4 Å². The average Bonchev–Trinajstić information content (AvgIpc) is 3.21. The van der Waals surface area contributed by atoms with Crippen molar-refractivity contribution in [1.29, 1.82) is 5.26 Å². The summed E-state index contributed by atoms with van der Waals surface area (Å²) in [6.07, 6.45) is 1.86. The van der Waals surface area contributed by atoms with Crippen LogP contribution in [0.1, 0.15) is 23.7 Å². The van der Waals surface area contributed by atoms with Crippen LogP contribution in [0.25, 0.3) is 0 Å². The molecule has 2 aromatic carbocycles. The highest BCUT2D eigenvalue weighted by molar-refractivity contribution is 7.13. The van der Waals surface area contributed by atoms with Gasteiger partial charge in [-0.3, -0.25) is 10.2 Å². The predicted molar refractivity (Wildman–Crippen MR) is 119 cm³/mol. The van der Waals surface area contributed by atoms with Crippen LogP contribution in [0.5, 0.6) is 0 Å². The number of hydrogen-bond donors (Lipinski definition) is 1. The first-order valence-electron chi connectivity index (χ1n) is 9.32. The first kappa shape index (κ1) is 21.0. The van der Waals surface area contributed by atoms with Gasteiger partial charge in [0, 0.05) is 23.8 Å². The molecule has 7 nitrogen and oxygen atoms in total. The molecule has 0 aliphatic heterocycles. The van der Waals surface area contributed by atoms with Gasteiger partial charge in [0.2, 0.25) is 5.13 Å². The van der Waals surface area contributed by atoms with Gasteiger partial charge < -0.3 is 9.64 Å². The molecule has 0 saturated heterocycles. The van der Waals surface area contributed by atoms with E-state index in [1.165, 1.54) is 11.3 Å². The smallest absolute Gasteiger partial charge is 0.311 e. The Morgan fingerprint density at radius 1 is 1.23 bits per heavy atom. The molecule has 30 heavy (non-hydrogen) atoms. The number of hydrazone groups is 1. The Hall–Kier alpha value is -3.70. The Bertz CT molecular complexity index is 1050. The molecule has 0 aliphatic carbocycles. The van der Waals surface area contributed by atoms with Gasteiger partial charge in [0.15, 0.2) is 0 Å². The quantitative estimate of drug-likeness (QED) is 0.332. The van der Waals surface area contributed by atoms with E-state index in [2.05, 4.69) is 21.6 Å². The molecule has 0 unspecified atom stereocenters. The molecule has 1 N–H and O–H groups in total. The summed E-state index contributed by atoms with van der Waals surface area (Å²) in [5, 5.41) is 15.5. The minimum absolute atomic E-state index is 0.157. The molecule has 0 aliphatic rings. The van der Waals surface area contributed by atoms with Gasteiger partial charge in [0.05, 0.1) is 36.6 Å². The van der Waals surface area contributed by atoms with Crippen LogP contribution < -0.4 is 10.3 Å². The third kappa shape index (κ3) is 5.65. The number of rotatable bonds is 8. The molecule has 8 heteroatoms. The number of esters is 1. The largest absolute Gasteiger partial charge is 0.466 e. The highest BCUT2D eigenvalue weighted by atomic mass is 32.1. The van der Waals surface area contributed by atoms with Crippen molar-refractivity contribution in [3.05, 3.63) is 70.7 Å². The summed E-state index contributed by atoms with van der Waals surface area (Å²) in [6.45, 7) is 2.14. The van der Waals surface area contributed by atoms with Crippen molar-refractivity contribution in [2.45, 2.75) is 13.3 Å². The van der Waals surface area contributed by atoms with Crippen molar-refractivity contribution in [1.82, 2.24) is 4.98 Å². The number of hydrogen-bond acceptors (Lipinski definition) is 8. The molecule has 0 bridgehead atoms. The molecular weight excluding hydrogens is 398 g/mol. The molecule has 152 valence electrons. The topological polar surface area (TPSA) is 90.6 Å². The zero-order valence-corrected chi connectivity index (χ0v) is 17.5. The Kier molecular flexibility index (Phi) is 7.14. The number of benzene rings is 2. The summed E-state index contributed by atoms with van der Waals surface area (Å²) in [4.78, 5) is 17.8. The molecule has 1 heterocycles. The van der Waals surface area contributed by atoms with Crippen LogP contribution in [0.15, 0.2) is 59.0 Å². The average molecular weight is 420 g/mol. The van der Waals surface area contributed by atoms with Gasteiger partial charge in [-0.1, -0.05) is 12.1 Å². The summed E-state index contributed by atoms with van der Waals surface area (Å²) in [6, 6.07) is 17.5. The number of aromatic nitrogens is 1. The number of carbonyl (C=O) groups is 1. The van der Waals surface area contributed by atoms with Crippen LogP contribution in [0, 0.1) is 11.3 Å². The van der Waals surface area contributed by atoms with Gasteiger partial charge in [-0.25, -0.2) is 4.98 Å². The van der Waals surface area contributed by atoms with Crippen LogP contribution in [0.2, 0.25) is 0 Å². The lowest BCUT2D eigenvalue weighted by Gasteiger charge is -2.19. The molecule has 0 spiro atoms. The third-order valence-electron chi connectivity index (χ3n) is 4.22. The van der Waals surface area contributed by atoms with Crippen molar-refractivity contribution in [2.24, 2.45) is 5.10 Å². The van der Waals surface area contributed by atoms with Crippen LogP contribution in [0.4, 0.5) is 16.5 Å². The SMILES string of the molecule is CCOC(=O)Cc1csc(NN=Cc2ccc(N(C)c3ccc(C#N)cc3)cc2)n1. The maximum Gasteiger partial charge on any atom is 0.311 e. The predicted octanol–water partition coefficient (Wildman–Crippen LogP) is 4.33. The first-order valence-corrected chi connectivity index (χ1v) is 10.2. The maximum atomic E-state index is 11.5. The Balaban J connectivity index is 1.56. The fourth-order valence-corrected chi connectivity index (χ4v) is 3.31. The minimum Gasteiger partial charge on any atom is -0.466 e. The molecule has 1 aromatic heterocycles. The van der Waals surface area contributed by atoms with Crippen molar-refractivity contribution >= 4 is 40.0 Å². The zero-order valence-electron chi connectivity index (χ0n) is 16.7. The van der Waals surface area contributed by atoms with Crippen LogP contribution in [-0.2, 0) is 16.0 Å². The lowest BCUT2D eigenvalue weighted by atomic mass is 10.1. The molecule has 0 atom stereocenters. The molecule has 0 saturated carbocycles. The van der Waals surface area contributed by atoms with Gasteiger partial charge in [-0.15, -0.1) is 11.3 Å². The third-order valence-corrected chi connectivity index (χ3v) is 5.02. The van der Waals surface area contributed by atoms with E-state index in [9.17, 15) is 4.79 Å². The van der Waals surface area contributed by atoms with E-state index >= 15 is 0 Å². The van der Waals surface area contributed by atoms with E-state index in [0.29, 0.717) is 23.0 Å². The molecule has 0 amide bonds. The second-order valence-corrected chi connectivity index (χ2v) is 7.16. The number of thiazole rings is 1. The summed E-state index contributed by atoms with van der Waals surface area (Å²) in [7, 11) is 1.97. The fraction of sp³-hybridized carbons (Fsp3) is 0.182. The fourth-order valence-electron chi connectivity index (χ4n) is 2.65. The zero-order chi connectivity index (χ0) is 21.3. The van der Waals surface area contributed by atoms with Crippen molar-refractivity contribution < 1.29 is 9.53 Å². The Labute approximate surface area is 179 Å². The first-order chi connectivity index (χ1) is 14.6. The van der Waals surface area contributed by atoms with E-state index in [4.69, 9.17) is 10.00 Å². The van der Waals surface area contributed by atoms with Gasteiger partial charge in [0.1, 0.15) is 0 Å². The van der Waals surface area contributed by atoms with Crippen LogP contribution in [0.3, 0.4) is 0 Å².